The summed E-state index contributed by atoms with van der Waals surface area (Å²) in [4.78, 5) is 23.7. The van der Waals surface area contributed by atoms with Gasteiger partial charge in [-0.05, 0) is 31.2 Å². The minimum absolute atomic E-state index is 0.356. The van der Waals surface area contributed by atoms with E-state index in [4.69, 9.17) is 9.47 Å². The van der Waals surface area contributed by atoms with Gasteiger partial charge in [0.15, 0.2) is 6.61 Å². The van der Waals surface area contributed by atoms with Crippen molar-refractivity contribution in [3.05, 3.63) is 59.7 Å². The molecule has 5 heteroatoms. The van der Waals surface area contributed by atoms with Crippen LogP contribution in [0.25, 0.3) is 0 Å². The Morgan fingerprint density at radius 2 is 1.86 bits per heavy atom. The Morgan fingerprint density at radius 1 is 1.09 bits per heavy atom. The quantitative estimate of drug-likeness (QED) is 0.862. The number of ether oxygens (including phenoxy) is 2. The lowest BCUT2D eigenvalue weighted by Gasteiger charge is -2.10. The Kier molecular flexibility index (Phi) is 5.14. The molecule has 0 atom stereocenters. The molecule has 2 aromatic carbocycles. The average molecular weight is 299 g/mol. The van der Waals surface area contributed by atoms with Crippen molar-refractivity contribution in [2.75, 3.05) is 19.0 Å². The first kappa shape index (κ1) is 15.6. The number of amides is 1. The highest BCUT2D eigenvalue weighted by Gasteiger charge is 2.11. The molecule has 0 heterocycles. The van der Waals surface area contributed by atoms with Gasteiger partial charge in [-0.3, -0.25) is 4.79 Å². The van der Waals surface area contributed by atoms with Gasteiger partial charge < -0.3 is 14.8 Å². The number of carbonyl (C=O) groups excluding carboxylic acids is 2. The van der Waals surface area contributed by atoms with Crippen molar-refractivity contribution in [1.82, 2.24) is 0 Å². The van der Waals surface area contributed by atoms with Crippen LogP contribution in [0.3, 0.4) is 0 Å². The smallest absolute Gasteiger partial charge is 0.338 e. The monoisotopic (exact) mass is 299 g/mol. The van der Waals surface area contributed by atoms with Crippen LogP contribution in [0.5, 0.6) is 5.75 Å². The van der Waals surface area contributed by atoms with Crippen LogP contribution < -0.4 is 10.1 Å². The third-order valence-corrected chi connectivity index (χ3v) is 2.97. The third-order valence-electron chi connectivity index (χ3n) is 2.97. The van der Waals surface area contributed by atoms with E-state index in [1.54, 1.807) is 42.5 Å². The van der Waals surface area contributed by atoms with Gasteiger partial charge in [-0.2, -0.15) is 0 Å². The van der Waals surface area contributed by atoms with Crippen molar-refractivity contribution in [2.45, 2.75) is 6.92 Å². The molecule has 1 amide bonds. The van der Waals surface area contributed by atoms with E-state index in [-0.39, 0.29) is 6.61 Å². The van der Waals surface area contributed by atoms with Crippen molar-refractivity contribution in [2.24, 2.45) is 0 Å². The van der Waals surface area contributed by atoms with Crippen molar-refractivity contribution >= 4 is 17.6 Å². The summed E-state index contributed by atoms with van der Waals surface area (Å²) >= 11 is 0. The molecule has 0 saturated heterocycles. The highest BCUT2D eigenvalue weighted by molar-refractivity contribution is 5.96. The predicted molar refractivity (Wildman–Crippen MR) is 83.1 cm³/mol. The molecular weight excluding hydrogens is 282 g/mol. The fourth-order valence-electron chi connectivity index (χ4n) is 1.92. The molecule has 2 rings (SSSR count). The van der Waals surface area contributed by atoms with E-state index in [1.165, 1.54) is 7.11 Å². The second-order valence-corrected chi connectivity index (χ2v) is 4.69. The first-order chi connectivity index (χ1) is 10.6. The molecule has 0 bridgehead atoms. The lowest BCUT2D eigenvalue weighted by molar-refractivity contribution is -0.119. The van der Waals surface area contributed by atoms with E-state index < -0.39 is 11.9 Å². The predicted octanol–water partition coefficient (Wildman–Crippen LogP) is 2.80. The lowest BCUT2D eigenvalue weighted by atomic mass is 10.1. The van der Waals surface area contributed by atoms with Crippen LogP contribution >= 0.6 is 0 Å². The van der Waals surface area contributed by atoms with Gasteiger partial charge in [0.05, 0.1) is 18.4 Å². The Labute approximate surface area is 128 Å². The molecule has 5 nitrogen and oxygen atoms in total. The molecule has 0 aliphatic heterocycles. The van der Waals surface area contributed by atoms with Gasteiger partial charge in [-0.15, -0.1) is 0 Å². The van der Waals surface area contributed by atoms with Crippen LogP contribution in [-0.2, 0) is 9.53 Å². The van der Waals surface area contributed by atoms with Gasteiger partial charge in [0.25, 0.3) is 5.91 Å². The number of esters is 1. The van der Waals surface area contributed by atoms with Crippen molar-refractivity contribution in [1.29, 1.82) is 0 Å². The number of para-hydroxylation sites is 2. The maximum atomic E-state index is 11.8. The minimum Gasteiger partial charge on any atom is -0.495 e. The Balaban J connectivity index is 1.91. The number of hydrogen-bond acceptors (Lipinski definition) is 4. The van der Waals surface area contributed by atoms with Crippen molar-refractivity contribution < 1.29 is 19.1 Å². The van der Waals surface area contributed by atoms with Gasteiger partial charge in [0, 0.05) is 0 Å². The Hall–Kier alpha value is -2.82. The van der Waals surface area contributed by atoms with Gasteiger partial charge in [0.2, 0.25) is 0 Å². The number of carbonyl (C=O) groups is 2. The second kappa shape index (κ2) is 7.26. The van der Waals surface area contributed by atoms with Crippen LogP contribution in [0.15, 0.2) is 48.5 Å². The summed E-state index contributed by atoms with van der Waals surface area (Å²) in [6.07, 6.45) is 0. The molecule has 0 aromatic heterocycles. The Bertz CT molecular complexity index is 682. The zero-order valence-corrected chi connectivity index (χ0v) is 12.5. The molecule has 0 spiro atoms. The molecule has 0 radical (unpaired) electrons. The van der Waals surface area contributed by atoms with Gasteiger partial charge in [0.1, 0.15) is 5.75 Å². The summed E-state index contributed by atoms with van der Waals surface area (Å²) in [6.45, 7) is 1.52. The second-order valence-electron chi connectivity index (χ2n) is 4.69. The van der Waals surface area contributed by atoms with E-state index >= 15 is 0 Å². The molecule has 0 saturated carbocycles. The molecule has 2 aromatic rings. The first-order valence-electron chi connectivity index (χ1n) is 6.77. The van der Waals surface area contributed by atoms with Crippen molar-refractivity contribution in [3.63, 3.8) is 0 Å². The molecule has 114 valence electrons. The SMILES string of the molecule is COc1ccccc1NC(=O)COC(=O)c1cccc(C)c1. The minimum atomic E-state index is -0.529. The summed E-state index contributed by atoms with van der Waals surface area (Å²) in [7, 11) is 1.52. The van der Waals surface area contributed by atoms with Crippen LogP contribution in [0.1, 0.15) is 15.9 Å². The largest absolute Gasteiger partial charge is 0.495 e. The maximum Gasteiger partial charge on any atom is 0.338 e. The number of methoxy groups -OCH3 is 1. The van der Waals surface area contributed by atoms with E-state index in [9.17, 15) is 9.59 Å². The van der Waals surface area contributed by atoms with Crippen LogP contribution in [0, 0.1) is 6.92 Å². The van der Waals surface area contributed by atoms with E-state index in [2.05, 4.69) is 5.32 Å². The number of benzene rings is 2. The number of nitrogens with one attached hydrogen (secondary N) is 1. The molecule has 0 fully saturated rings. The summed E-state index contributed by atoms with van der Waals surface area (Å²) in [5, 5.41) is 2.64. The lowest BCUT2D eigenvalue weighted by Crippen LogP contribution is -2.21. The molecular formula is C17H17NO4. The normalized spacial score (nSPS) is 9.91. The molecule has 1 N–H and O–H groups in total. The fraction of sp³-hybridized carbons (Fsp3) is 0.176. The summed E-state index contributed by atoms with van der Waals surface area (Å²) in [6, 6.07) is 14.0. The van der Waals surface area contributed by atoms with Crippen LogP contribution in [0.4, 0.5) is 5.69 Å². The average Bonchev–Trinajstić information content (AvgIpc) is 2.53. The number of hydrogen-bond donors (Lipinski definition) is 1. The first-order valence-corrected chi connectivity index (χ1v) is 6.77. The molecule has 0 unspecified atom stereocenters. The standard InChI is InChI=1S/C17H17NO4/c1-12-6-5-7-13(10-12)17(20)22-11-16(19)18-14-8-3-4-9-15(14)21-2/h3-10H,11H2,1-2H3,(H,18,19). The maximum absolute atomic E-state index is 11.8. The summed E-state index contributed by atoms with van der Waals surface area (Å²) in [5.74, 6) is -0.412. The summed E-state index contributed by atoms with van der Waals surface area (Å²) in [5.41, 5.74) is 1.90. The van der Waals surface area contributed by atoms with Crippen LogP contribution in [-0.4, -0.2) is 25.6 Å². The van der Waals surface area contributed by atoms with Gasteiger partial charge in [-0.25, -0.2) is 4.79 Å². The zero-order valence-electron chi connectivity index (χ0n) is 12.5. The van der Waals surface area contributed by atoms with E-state index in [0.717, 1.165) is 5.56 Å². The van der Waals surface area contributed by atoms with Crippen molar-refractivity contribution in [3.8, 4) is 5.75 Å². The van der Waals surface area contributed by atoms with E-state index in [0.29, 0.717) is 17.0 Å². The van der Waals surface area contributed by atoms with E-state index in [1.807, 2.05) is 13.0 Å². The Morgan fingerprint density at radius 3 is 2.59 bits per heavy atom. The zero-order chi connectivity index (χ0) is 15.9. The highest BCUT2D eigenvalue weighted by atomic mass is 16.5. The third kappa shape index (κ3) is 4.09. The number of rotatable bonds is 5. The number of anilines is 1. The van der Waals surface area contributed by atoms with Gasteiger partial charge in [-0.1, -0.05) is 29.8 Å². The highest BCUT2D eigenvalue weighted by Crippen LogP contribution is 2.22. The molecule has 0 aliphatic carbocycles. The summed E-state index contributed by atoms with van der Waals surface area (Å²) < 4.78 is 10.1. The molecule has 0 aliphatic rings. The molecule has 22 heavy (non-hydrogen) atoms. The topological polar surface area (TPSA) is 64.6 Å². The van der Waals surface area contributed by atoms with Crippen LogP contribution in [0.2, 0.25) is 0 Å². The fourth-order valence-corrected chi connectivity index (χ4v) is 1.92. The number of aryl methyl sites for hydroxylation is 1. The van der Waals surface area contributed by atoms with Gasteiger partial charge >= 0.3 is 5.97 Å².